The second-order valence-electron chi connectivity index (χ2n) is 5.81. The van der Waals surface area contributed by atoms with Crippen molar-refractivity contribution in [2.45, 2.75) is 22.9 Å². The quantitative estimate of drug-likeness (QED) is 0.548. The Hall–Kier alpha value is -2.27. The first-order valence-corrected chi connectivity index (χ1v) is 9.51. The van der Waals surface area contributed by atoms with Gasteiger partial charge >= 0.3 is 0 Å². The number of aliphatic hydroxyl groups is 1. The molecule has 3 nitrogen and oxygen atoms in total. The second kappa shape index (κ2) is 10.0. The predicted octanol–water partition coefficient (Wildman–Crippen LogP) is 4.50. The summed E-state index contributed by atoms with van der Waals surface area (Å²) >= 11 is 1.69. The highest BCUT2D eigenvalue weighted by Gasteiger charge is 2.07. The molecule has 0 aliphatic carbocycles. The number of para-hydroxylation sites is 1. The van der Waals surface area contributed by atoms with Gasteiger partial charge in [0.05, 0.1) is 6.61 Å². The number of ether oxygens (including phenoxy) is 1. The van der Waals surface area contributed by atoms with Crippen LogP contribution in [0.3, 0.4) is 0 Å². The predicted molar refractivity (Wildman–Crippen MR) is 107 cm³/mol. The van der Waals surface area contributed by atoms with Crippen LogP contribution in [0.15, 0.2) is 88.7 Å². The molecule has 0 atom stereocenters. The molecular formula is C22H23NO2S. The molecule has 0 unspecified atom stereocenters. The van der Waals surface area contributed by atoms with Gasteiger partial charge in [0.1, 0.15) is 12.4 Å². The molecule has 0 saturated carbocycles. The van der Waals surface area contributed by atoms with Gasteiger partial charge in [-0.2, -0.15) is 0 Å². The van der Waals surface area contributed by atoms with Gasteiger partial charge < -0.3 is 15.2 Å². The topological polar surface area (TPSA) is 41.5 Å². The zero-order chi connectivity index (χ0) is 18.0. The van der Waals surface area contributed by atoms with Crippen LogP contribution in [0.5, 0.6) is 5.75 Å². The van der Waals surface area contributed by atoms with E-state index in [4.69, 9.17) is 4.74 Å². The maximum atomic E-state index is 9.52. The molecule has 3 aromatic carbocycles. The molecule has 134 valence electrons. The summed E-state index contributed by atoms with van der Waals surface area (Å²) in [4.78, 5) is 2.29. The van der Waals surface area contributed by atoms with Crippen LogP contribution in [-0.4, -0.2) is 18.3 Å². The van der Waals surface area contributed by atoms with Gasteiger partial charge in [0.25, 0.3) is 0 Å². The molecule has 0 spiro atoms. The van der Waals surface area contributed by atoms with Crippen LogP contribution in [0.25, 0.3) is 0 Å². The molecule has 3 aromatic rings. The summed E-state index contributed by atoms with van der Waals surface area (Å²) in [5, 5.41) is 13.0. The Kier molecular flexibility index (Phi) is 7.14. The summed E-state index contributed by atoms with van der Waals surface area (Å²) < 4.78 is 5.70. The maximum absolute atomic E-state index is 9.52. The van der Waals surface area contributed by atoms with E-state index in [0.717, 1.165) is 29.3 Å². The van der Waals surface area contributed by atoms with Crippen LogP contribution < -0.4 is 10.1 Å². The molecule has 0 fully saturated rings. The van der Waals surface area contributed by atoms with Gasteiger partial charge in [-0.05, 0) is 35.4 Å². The van der Waals surface area contributed by atoms with Crippen LogP contribution in [0.4, 0.5) is 0 Å². The van der Waals surface area contributed by atoms with Crippen molar-refractivity contribution in [3.8, 4) is 5.75 Å². The van der Waals surface area contributed by atoms with E-state index < -0.39 is 0 Å². The van der Waals surface area contributed by atoms with Crippen molar-refractivity contribution in [3.05, 3.63) is 90.0 Å². The first-order chi connectivity index (χ1) is 12.9. The first kappa shape index (κ1) is 18.5. The second-order valence-corrected chi connectivity index (χ2v) is 6.90. The van der Waals surface area contributed by atoms with E-state index in [9.17, 15) is 5.11 Å². The van der Waals surface area contributed by atoms with E-state index >= 15 is 0 Å². The third-order valence-electron chi connectivity index (χ3n) is 3.94. The Morgan fingerprint density at radius 1 is 0.769 bits per heavy atom. The smallest absolute Gasteiger partial charge is 0.119 e. The van der Waals surface area contributed by atoms with E-state index in [1.54, 1.807) is 11.8 Å². The number of hydrogen-bond donors (Lipinski definition) is 2. The van der Waals surface area contributed by atoms with Crippen molar-refractivity contribution in [1.82, 2.24) is 5.32 Å². The molecule has 0 aliphatic heterocycles. The van der Waals surface area contributed by atoms with Crippen molar-refractivity contribution in [3.63, 3.8) is 0 Å². The number of aliphatic hydroxyl groups excluding tert-OH is 1. The highest BCUT2D eigenvalue weighted by atomic mass is 32.2. The fourth-order valence-corrected chi connectivity index (χ4v) is 3.65. The van der Waals surface area contributed by atoms with Crippen LogP contribution in [0.2, 0.25) is 0 Å². The molecule has 0 aromatic heterocycles. The lowest BCUT2D eigenvalue weighted by Gasteiger charge is -2.12. The molecular weight excluding hydrogens is 342 g/mol. The number of hydrogen-bond acceptors (Lipinski definition) is 4. The summed E-state index contributed by atoms with van der Waals surface area (Å²) in [7, 11) is 0. The molecule has 0 bridgehead atoms. The lowest BCUT2D eigenvalue weighted by Crippen LogP contribution is -2.20. The van der Waals surface area contributed by atoms with Gasteiger partial charge in [0.2, 0.25) is 0 Å². The van der Waals surface area contributed by atoms with E-state index in [1.807, 2.05) is 60.7 Å². The third-order valence-corrected chi connectivity index (χ3v) is 5.18. The molecule has 0 radical (unpaired) electrons. The van der Waals surface area contributed by atoms with Crippen molar-refractivity contribution in [2.24, 2.45) is 0 Å². The summed E-state index contributed by atoms with van der Waals surface area (Å²) in [5.41, 5.74) is 2.20. The van der Waals surface area contributed by atoms with Crippen LogP contribution in [-0.2, 0) is 13.2 Å². The van der Waals surface area contributed by atoms with Gasteiger partial charge in [-0.1, -0.05) is 66.4 Å². The lowest BCUT2D eigenvalue weighted by molar-refractivity contribution is 0.279. The third kappa shape index (κ3) is 5.36. The number of benzene rings is 3. The monoisotopic (exact) mass is 365 g/mol. The maximum Gasteiger partial charge on any atom is 0.119 e. The Labute approximate surface area is 159 Å². The molecule has 3 rings (SSSR count). The number of rotatable bonds is 9. The van der Waals surface area contributed by atoms with E-state index in [0.29, 0.717) is 6.61 Å². The van der Waals surface area contributed by atoms with Gasteiger partial charge in [-0.3, -0.25) is 0 Å². The fourth-order valence-electron chi connectivity index (χ4n) is 2.58. The van der Waals surface area contributed by atoms with Crippen LogP contribution in [0.1, 0.15) is 11.1 Å². The minimum absolute atomic E-state index is 0.0560. The van der Waals surface area contributed by atoms with E-state index in [-0.39, 0.29) is 6.61 Å². The number of nitrogens with one attached hydrogen (secondary N) is 1. The standard InChI is InChI=1S/C22H23NO2S/c24-17-19-9-5-7-13-22(19)26-21-12-6-4-8-18(21)16-23-14-15-25-20-10-2-1-3-11-20/h1-13,23-24H,14-17H2. The molecule has 0 amide bonds. The van der Waals surface area contributed by atoms with Crippen molar-refractivity contribution in [1.29, 1.82) is 0 Å². The van der Waals surface area contributed by atoms with Crippen molar-refractivity contribution < 1.29 is 9.84 Å². The van der Waals surface area contributed by atoms with Crippen LogP contribution >= 0.6 is 11.8 Å². The SMILES string of the molecule is OCc1ccccc1Sc1ccccc1CNCCOc1ccccc1. The molecule has 4 heteroatoms. The van der Waals surface area contributed by atoms with E-state index in [2.05, 4.69) is 23.5 Å². The largest absolute Gasteiger partial charge is 0.492 e. The normalized spacial score (nSPS) is 10.7. The molecule has 26 heavy (non-hydrogen) atoms. The lowest BCUT2D eigenvalue weighted by atomic mass is 10.2. The average molecular weight is 365 g/mol. The highest BCUT2D eigenvalue weighted by Crippen LogP contribution is 2.32. The highest BCUT2D eigenvalue weighted by molar-refractivity contribution is 7.99. The van der Waals surface area contributed by atoms with Gasteiger partial charge in [-0.15, -0.1) is 0 Å². The molecule has 0 heterocycles. The van der Waals surface area contributed by atoms with Crippen LogP contribution in [0, 0.1) is 0 Å². The first-order valence-electron chi connectivity index (χ1n) is 8.70. The minimum atomic E-state index is 0.0560. The molecule has 0 aliphatic rings. The average Bonchev–Trinajstić information content (AvgIpc) is 2.70. The van der Waals surface area contributed by atoms with E-state index in [1.165, 1.54) is 10.5 Å². The zero-order valence-electron chi connectivity index (χ0n) is 14.6. The summed E-state index contributed by atoms with van der Waals surface area (Å²) in [6.07, 6.45) is 0. The Balaban J connectivity index is 1.54. The van der Waals surface area contributed by atoms with Crippen molar-refractivity contribution in [2.75, 3.05) is 13.2 Å². The molecule has 0 saturated heterocycles. The Morgan fingerprint density at radius 3 is 2.12 bits per heavy atom. The van der Waals surface area contributed by atoms with Gasteiger partial charge in [0.15, 0.2) is 0 Å². The van der Waals surface area contributed by atoms with Crippen molar-refractivity contribution >= 4 is 11.8 Å². The Bertz CT molecular complexity index is 808. The molecule has 2 N–H and O–H groups in total. The van der Waals surface area contributed by atoms with Gasteiger partial charge in [0, 0.05) is 22.9 Å². The van der Waals surface area contributed by atoms with Gasteiger partial charge in [-0.25, -0.2) is 0 Å². The Morgan fingerprint density at radius 2 is 1.38 bits per heavy atom. The zero-order valence-corrected chi connectivity index (χ0v) is 15.4. The summed E-state index contributed by atoms with van der Waals surface area (Å²) in [5.74, 6) is 0.894. The fraction of sp³-hybridized carbons (Fsp3) is 0.182. The summed E-state index contributed by atoms with van der Waals surface area (Å²) in [6, 6.07) is 26.2. The summed E-state index contributed by atoms with van der Waals surface area (Å²) in [6.45, 7) is 2.25. The minimum Gasteiger partial charge on any atom is -0.492 e.